The van der Waals surface area contributed by atoms with Gasteiger partial charge in [0.2, 0.25) is 0 Å². The van der Waals surface area contributed by atoms with Crippen LogP contribution in [0, 0.1) is 0 Å². The molecule has 0 spiro atoms. The third kappa shape index (κ3) is 3.61. The average molecular weight is 297 g/mol. The maximum Gasteiger partial charge on any atom is 0.320 e. The quantitative estimate of drug-likeness (QED) is 0.333. The van der Waals surface area contributed by atoms with Crippen LogP contribution >= 0.6 is 0 Å². The summed E-state index contributed by atoms with van der Waals surface area (Å²) in [7, 11) is 0. The molecule has 0 bridgehead atoms. The minimum atomic E-state index is -3.36. The molecule has 10 heteroatoms. The van der Waals surface area contributed by atoms with Gasteiger partial charge in [0.05, 0.1) is 6.61 Å². The van der Waals surface area contributed by atoms with Gasteiger partial charge in [0, 0.05) is 6.42 Å². The van der Waals surface area contributed by atoms with Gasteiger partial charge in [0.25, 0.3) is 12.1 Å². The van der Waals surface area contributed by atoms with Crippen molar-refractivity contribution in [1.82, 2.24) is 0 Å². The summed E-state index contributed by atoms with van der Waals surface area (Å²) in [6.45, 7) is -0.786. The molecule has 9 nitrogen and oxygen atoms in total. The Bertz CT molecular complexity index is 376. The van der Waals surface area contributed by atoms with Crippen molar-refractivity contribution in [2.24, 2.45) is 5.73 Å². The van der Waals surface area contributed by atoms with Crippen molar-refractivity contribution in [2.45, 2.75) is 43.2 Å². The lowest BCUT2D eigenvalue weighted by molar-refractivity contribution is -0.252. The highest BCUT2D eigenvalue weighted by Gasteiger charge is 2.58. The smallest absolute Gasteiger partial charge is 0.320 e. The molecule has 1 rings (SSSR count). The fourth-order valence-electron chi connectivity index (χ4n) is 1.56. The van der Waals surface area contributed by atoms with Crippen LogP contribution in [0.3, 0.4) is 0 Å². The second-order valence-electron chi connectivity index (χ2n) is 4.33. The molecule has 0 aliphatic carbocycles. The Morgan fingerprint density at radius 3 is 2.55 bits per heavy atom. The van der Waals surface area contributed by atoms with Crippen LogP contribution in [0.1, 0.15) is 12.8 Å². The highest BCUT2D eigenvalue weighted by atomic mass is 19.2. The van der Waals surface area contributed by atoms with E-state index in [9.17, 15) is 24.2 Å². The fraction of sp³-hybridized carbons (Fsp3) is 0.800. The summed E-state index contributed by atoms with van der Waals surface area (Å²) in [5.74, 6) is -5.74. The predicted octanol–water partition coefficient (Wildman–Crippen LogP) is -2.54. The number of aliphatic carboxylic acids is 1. The molecule has 20 heavy (non-hydrogen) atoms. The second-order valence-corrected chi connectivity index (χ2v) is 4.33. The van der Waals surface area contributed by atoms with Gasteiger partial charge in [-0.2, -0.15) is 0 Å². The number of aliphatic hydroxyl groups excluding tert-OH is 2. The van der Waals surface area contributed by atoms with E-state index in [1.807, 2.05) is 0 Å². The van der Waals surface area contributed by atoms with Crippen molar-refractivity contribution < 1.29 is 43.9 Å². The van der Waals surface area contributed by atoms with E-state index in [1.54, 1.807) is 0 Å². The van der Waals surface area contributed by atoms with Gasteiger partial charge in [-0.15, -0.1) is 0 Å². The lowest BCUT2D eigenvalue weighted by Crippen LogP contribution is -2.46. The number of carboxylic acids is 1. The van der Waals surface area contributed by atoms with Crippen molar-refractivity contribution in [2.75, 3.05) is 6.61 Å². The van der Waals surface area contributed by atoms with Crippen LogP contribution < -0.4 is 5.73 Å². The summed E-state index contributed by atoms with van der Waals surface area (Å²) in [5.41, 5.74) is 5.16. The minimum absolute atomic E-state index is 0.252. The first-order valence-corrected chi connectivity index (χ1v) is 5.73. The summed E-state index contributed by atoms with van der Waals surface area (Å²) in [5, 5.41) is 35.9. The van der Waals surface area contributed by atoms with Gasteiger partial charge in [-0.25, -0.2) is 4.39 Å². The van der Waals surface area contributed by atoms with E-state index in [2.05, 4.69) is 9.47 Å². The number of esters is 1. The molecule has 1 saturated heterocycles. The first kappa shape index (κ1) is 16.7. The van der Waals surface area contributed by atoms with E-state index in [-0.39, 0.29) is 6.42 Å². The van der Waals surface area contributed by atoms with Gasteiger partial charge < -0.3 is 35.6 Å². The molecule has 1 heterocycles. The van der Waals surface area contributed by atoms with Gasteiger partial charge in [-0.1, -0.05) is 0 Å². The Hall–Kier alpha value is -1.33. The summed E-state index contributed by atoms with van der Waals surface area (Å²) in [6.07, 6.45) is -6.32. The standard InChI is InChI=1S/C10H16FNO8/c11-10(18)7(15)5(3-13)19-9(10)20-6(14)2-1-4(12)8(16)17/h4-5,7,9,13,15,18H,1-3,12H2,(H,16,17). The number of alkyl halides is 1. The van der Waals surface area contributed by atoms with Gasteiger partial charge in [-0.3, -0.25) is 9.59 Å². The van der Waals surface area contributed by atoms with Gasteiger partial charge in [-0.05, 0) is 6.42 Å². The molecule has 0 saturated carbocycles. The maximum atomic E-state index is 13.7. The van der Waals surface area contributed by atoms with Crippen molar-refractivity contribution in [3.8, 4) is 0 Å². The Morgan fingerprint density at radius 1 is 1.50 bits per heavy atom. The molecule has 116 valence electrons. The molecule has 5 atom stereocenters. The van der Waals surface area contributed by atoms with E-state index >= 15 is 0 Å². The number of carbonyl (C=O) groups is 2. The Labute approximate surface area is 112 Å². The van der Waals surface area contributed by atoms with E-state index in [4.69, 9.17) is 15.9 Å². The zero-order valence-corrected chi connectivity index (χ0v) is 10.3. The summed E-state index contributed by atoms with van der Waals surface area (Å²) in [6, 6.07) is -1.29. The lowest BCUT2D eigenvalue weighted by atomic mass is 10.1. The Balaban J connectivity index is 2.52. The monoisotopic (exact) mass is 297 g/mol. The summed E-state index contributed by atoms with van der Waals surface area (Å²) < 4.78 is 22.8. The second kappa shape index (κ2) is 6.41. The molecule has 0 aromatic heterocycles. The van der Waals surface area contributed by atoms with Crippen molar-refractivity contribution in [3.05, 3.63) is 0 Å². The molecular formula is C10H16FNO8. The fourth-order valence-corrected chi connectivity index (χ4v) is 1.56. The van der Waals surface area contributed by atoms with Gasteiger partial charge in [0.15, 0.2) is 0 Å². The van der Waals surface area contributed by atoms with Gasteiger partial charge in [0.1, 0.15) is 18.2 Å². The van der Waals surface area contributed by atoms with Crippen molar-refractivity contribution in [3.63, 3.8) is 0 Å². The SMILES string of the molecule is NC(CCC(=O)OC1OC(CO)C(O)C1(O)F)C(=O)O. The lowest BCUT2D eigenvalue weighted by Gasteiger charge is -2.21. The number of hydrogen-bond donors (Lipinski definition) is 5. The number of aliphatic hydroxyl groups is 3. The molecule has 0 radical (unpaired) electrons. The molecule has 6 N–H and O–H groups in total. The predicted molar refractivity (Wildman–Crippen MR) is 58.7 cm³/mol. The van der Waals surface area contributed by atoms with Gasteiger partial charge >= 0.3 is 11.9 Å². The van der Waals surface area contributed by atoms with E-state index < -0.39 is 55.4 Å². The van der Waals surface area contributed by atoms with Crippen molar-refractivity contribution >= 4 is 11.9 Å². The summed E-state index contributed by atoms with van der Waals surface area (Å²) >= 11 is 0. The number of hydrogen-bond acceptors (Lipinski definition) is 8. The average Bonchev–Trinajstić information content (AvgIpc) is 2.59. The molecular weight excluding hydrogens is 281 g/mol. The number of carbonyl (C=O) groups excluding carboxylic acids is 1. The molecule has 1 fully saturated rings. The highest BCUT2D eigenvalue weighted by molar-refractivity contribution is 5.75. The van der Waals surface area contributed by atoms with Crippen LogP contribution in [-0.2, 0) is 19.1 Å². The molecule has 1 aliphatic rings. The van der Waals surface area contributed by atoms with E-state index in [0.717, 1.165) is 0 Å². The molecule has 0 aromatic carbocycles. The number of nitrogens with two attached hydrogens (primary N) is 1. The number of rotatable bonds is 6. The van der Waals surface area contributed by atoms with Crippen LogP contribution in [0.2, 0.25) is 0 Å². The van der Waals surface area contributed by atoms with Crippen LogP contribution in [0.5, 0.6) is 0 Å². The molecule has 1 aliphatic heterocycles. The van der Waals surface area contributed by atoms with Crippen molar-refractivity contribution in [1.29, 1.82) is 0 Å². The number of carboxylic acid groups (broad SMARTS) is 1. The highest BCUT2D eigenvalue weighted by Crippen LogP contribution is 2.33. The zero-order chi connectivity index (χ0) is 15.5. The number of ether oxygens (including phenoxy) is 2. The summed E-state index contributed by atoms with van der Waals surface area (Å²) in [4.78, 5) is 21.8. The molecule has 0 amide bonds. The minimum Gasteiger partial charge on any atom is -0.480 e. The van der Waals surface area contributed by atoms with Crippen LogP contribution in [0.4, 0.5) is 4.39 Å². The number of halogens is 1. The first-order chi connectivity index (χ1) is 9.20. The normalized spacial score (nSPS) is 34.8. The zero-order valence-electron chi connectivity index (χ0n) is 10.3. The van der Waals surface area contributed by atoms with Crippen LogP contribution in [0.15, 0.2) is 0 Å². The Kier molecular flexibility index (Phi) is 5.36. The van der Waals surface area contributed by atoms with Crippen LogP contribution in [0.25, 0.3) is 0 Å². The first-order valence-electron chi connectivity index (χ1n) is 5.73. The topological polar surface area (TPSA) is 160 Å². The molecule has 0 aromatic rings. The molecule has 5 unspecified atom stereocenters. The third-order valence-corrected chi connectivity index (χ3v) is 2.79. The van der Waals surface area contributed by atoms with E-state index in [0.29, 0.717) is 0 Å². The van der Waals surface area contributed by atoms with E-state index in [1.165, 1.54) is 0 Å². The Morgan fingerprint density at radius 2 is 2.10 bits per heavy atom. The third-order valence-electron chi connectivity index (χ3n) is 2.79. The largest absolute Gasteiger partial charge is 0.480 e. The van der Waals surface area contributed by atoms with Crippen LogP contribution in [-0.4, -0.2) is 69.4 Å². The maximum absolute atomic E-state index is 13.7.